The molecule has 0 amide bonds. The molecule has 0 aliphatic carbocycles. The molecule has 1 N–H and O–H groups in total. The van der Waals surface area contributed by atoms with Crippen LogP contribution >= 0.6 is 11.6 Å². The van der Waals surface area contributed by atoms with E-state index in [0.717, 1.165) is 5.56 Å². The summed E-state index contributed by atoms with van der Waals surface area (Å²) in [5.41, 5.74) is 2.50. The molecule has 2 aromatic carbocycles. The smallest absolute Gasteiger partial charge is 0.231 e. The van der Waals surface area contributed by atoms with Crippen molar-refractivity contribution in [2.24, 2.45) is 0 Å². The second-order valence-electron chi connectivity index (χ2n) is 7.03. The molecule has 7 heteroatoms. The molecule has 0 unspecified atom stereocenters. The van der Waals surface area contributed by atoms with Crippen molar-refractivity contribution in [3.8, 4) is 22.6 Å². The molecule has 0 fully saturated rings. The lowest BCUT2D eigenvalue weighted by Crippen LogP contribution is -2.10. The number of ether oxygens (including phenoxy) is 2. The largest absolute Gasteiger partial charge is 0.462 e. The monoisotopic (exact) mass is 420 g/mol. The van der Waals surface area contributed by atoms with Crippen molar-refractivity contribution in [3.63, 3.8) is 0 Å². The van der Waals surface area contributed by atoms with Crippen LogP contribution in [0.4, 0.5) is 5.82 Å². The molecule has 0 saturated heterocycles. The van der Waals surface area contributed by atoms with Crippen molar-refractivity contribution in [3.05, 3.63) is 81.8 Å². The maximum Gasteiger partial charge on any atom is 0.231 e. The van der Waals surface area contributed by atoms with Gasteiger partial charge in [-0.05, 0) is 48.4 Å². The first-order valence-electron chi connectivity index (χ1n) is 9.42. The Morgan fingerprint density at radius 2 is 1.87 bits per heavy atom. The first-order valence-corrected chi connectivity index (χ1v) is 9.80. The van der Waals surface area contributed by atoms with Crippen molar-refractivity contribution in [2.75, 3.05) is 12.1 Å². The zero-order valence-corrected chi connectivity index (χ0v) is 16.8. The Bertz CT molecular complexity index is 1300. The van der Waals surface area contributed by atoms with Gasteiger partial charge >= 0.3 is 0 Å². The van der Waals surface area contributed by atoms with Gasteiger partial charge in [0.05, 0.1) is 17.1 Å². The van der Waals surface area contributed by atoms with E-state index in [1.165, 1.54) is 6.26 Å². The minimum absolute atomic E-state index is 0.0173. The zero-order chi connectivity index (χ0) is 20.7. The molecule has 6 nitrogen and oxygen atoms in total. The van der Waals surface area contributed by atoms with Gasteiger partial charge < -0.3 is 19.2 Å². The molecule has 1 aliphatic heterocycles. The van der Waals surface area contributed by atoms with Crippen molar-refractivity contribution in [1.82, 2.24) is 4.98 Å². The van der Waals surface area contributed by atoms with E-state index in [1.807, 2.05) is 37.3 Å². The molecule has 3 heterocycles. The van der Waals surface area contributed by atoms with E-state index in [9.17, 15) is 4.79 Å². The second kappa shape index (κ2) is 7.39. The van der Waals surface area contributed by atoms with Crippen LogP contribution in [0.15, 0.2) is 70.2 Å². The van der Waals surface area contributed by atoms with Gasteiger partial charge in [0.1, 0.15) is 12.1 Å². The highest BCUT2D eigenvalue weighted by atomic mass is 35.5. The number of pyridine rings is 1. The van der Waals surface area contributed by atoms with Gasteiger partial charge in [-0.3, -0.25) is 4.79 Å². The van der Waals surface area contributed by atoms with Gasteiger partial charge in [0.2, 0.25) is 12.2 Å². The normalized spacial score (nSPS) is 13.4. The van der Waals surface area contributed by atoms with Gasteiger partial charge in [-0.2, -0.15) is 0 Å². The van der Waals surface area contributed by atoms with Crippen LogP contribution in [0.25, 0.3) is 22.1 Å². The predicted molar refractivity (Wildman–Crippen MR) is 115 cm³/mol. The van der Waals surface area contributed by atoms with E-state index in [-0.39, 0.29) is 18.3 Å². The first-order chi connectivity index (χ1) is 14.6. The Labute approximate surface area is 177 Å². The fourth-order valence-corrected chi connectivity index (χ4v) is 3.56. The summed E-state index contributed by atoms with van der Waals surface area (Å²) in [6, 6.07) is 14.7. The van der Waals surface area contributed by atoms with Gasteiger partial charge in [-0.1, -0.05) is 29.8 Å². The summed E-state index contributed by atoms with van der Waals surface area (Å²) >= 11 is 5.96. The molecule has 0 bridgehead atoms. The Kier molecular flexibility index (Phi) is 4.56. The topological polar surface area (TPSA) is 73.6 Å². The van der Waals surface area contributed by atoms with Crippen molar-refractivity contribution in [2.45, 2.75) is 13.0 Å². The van der Waals surface area contributed by atoms with Gasteiger partial charge in [-0.15, -0.1) is 0 Å². The summed E-state index contributed by atoms with van der Waals surface area (Å²) in [7, 11) is 0. The third kappa shape index (κ3) is 3.35. The van der Waals surface area contributed by atoms with Crippen LogP contribution in [0.5, 0.6) is 11.5 Å². The molecule has 5 rings (SSSR count). The van der Waals surface area contributed by atoms with Gasteiger partial charge in [-0.25, -0.2) is 4.98 Å². The fourth-order valence-electron chi connectivity index (χ4n) is 3.43. The van der Waals surface area contributed by atoms with Crippen LogP contribution in [-0.2, 0) is 0 Å². The number of rotatable bonds is 4. The standard InChI is InChI=1S/C23H17ClN2O4/c1-13(14-2-5-16(24)6-3-14)26-22-9-17-21(10-25-22)28-11-18(23(17)27)15-4-7-19-20(8-15)30-12-29-19/h2-11,13H,12H2,1H3,(H,25,26)/t13-/m0/s1. The summed E-state index contributed by atoms with van der Waals surface area (Å²) in [6.45, 7) is 2.19. The lowest BCUT2D eigenvalue weighted by molar-refractivity contribution is 0.174. The Balaban J connectivity index is 1.50. The SMILES string of the molecule is C[C@H](Nc1cc2c(=O)c(-c3ccc4c(c3)OCO4)coc2cn1)c1ccc(Cl)cc1. The molecule has 150 valence electrons. The van der Waals surface area contributed by atoms with Crippen LogP contribution in [0.3, 0.4) is 0 Å². The highest BCUT2D eigenvalue weighted by Gasteiger charge is 2.17. The molecule has 0 radical (unpaired) electrons. The number of nitrogens with zero attached hydrogens (tertiary/aromatic N) is 1. The number of fused-ring (bicyclic) bond motifs is 2. The van der Waals surface area contributed by atoms with Gasteiger partial charge in [0.25, 0.3) is 0 Å². The number of nitrogens with one attached hydrogen (secondary N) is 1. The molecule has 0 saturated carbocycles. The number of anilines is 1. The van der Waals surface area contributed by atoms with Gasteiger partial charge in [0.15, 0.2) is 17.1 Å². The Morgan fingerprint density at radius 3 is 2.70 bits per heavy atom. The number of aromatic nitrogens is 1. The molecular weight excluding hydrogens is 404 g/mol. The zero-order valence-electron chi connectivity index (χ0n) is 16.0. The van der Waals surface area contributed by atoms with Crippen molar-refractivity contribution >= 4 is 28.4 Å². The minimum atomic E-state index is -0.139. The van der Waals surface area contributed by atoms with E-state index in [1.54, 1.807) is 24.4 Å². The lowest BCUT2D eigenvalue weighted by Gasteiger charge is -2.15. The maximum atomic E-state index is 13.2. The Hall–Kier alpha value is -3.51. The van der Waals surface area contributed by atoms with E-state index in [0.29, 0.717) is 44.4 Å². The highest BCUT2D eigenvalue weighted by Crippen LogP contribution is 2.35. The fraction of sp³-hybridized carbons (Fsp3) is 0.130. The summed E-state index contributed by atoms with van der Waals surface area (Å²) in [5, 5.41) is 4.45. The number of halogens is 1. The van der Waals surface area contributed by atoms with E-state index >= 15 is 0 Å². The number of hydrogen-bond donors (Lipinski definition) is 1. The average molecular weight is 421 g/mol. The van der Waals surface area contributed by atoms with E-state index in [2.05, 4.69) is 10.3 Å². The van der Waals surface area contributed by atoms with E-state index < -0.39 is 0 Å². The van der Waals surface area contributed by atoms with Crippen molar-refractivity contribution < 1.29 is 13.9 Å². The third-order valence-electron chi connectivity index (χ3n) is 5.08. The Morgan fingerprint density at radius 1 is 1.07 bits per heavy atom. The predicted octanol–water partition coefficient (Wildman–Crippen LogP) is 5.41. The van der Waals surface area contributed by atoms with Gasteiger partial charge in [0, 0.05) is 11.1 Å². The number of benzene rings is 2. The van der Waals surface area contributed by atoms with Crippen LogP contribution in [0.1, 0.15) is 18.5 Å². The quantitative estimate of drug-likeness (QED) is 0.476. The van der Waals surface area contributed by atoms with Crippen molar-refractivity contribution in [1.29, 1.82) is 0 Å². The summed E-state index contributed by atoms with van der Waals surface area (Å²) in [6.07, 6.45) is 3.00. The first kappa shape index (κ1) is 18.5. The molecule has 4 aromatic rings. The third-order valence-corrected chi connectivity index (χ3v) is 5.33. The maximum absolute atomic E-state index is 13.2. The molecule has 30 heavy (non-hydrogen) atoms. The number of hydrogen-bond acceptors (Lipinski definition) is 6. The highest BCUT2D eigenvalue weighted by molar-refractivity contribution is 6.30. The second-order valence-corrected chi connectivity index (χ2v) is 7.47. The van der Waals surface area contributed by atoms with E-state index in [4.69, 9.17) is 25.5 Å². The van der Waals surface area contributed by atoms with Crippen LogP contribution in [0.2, 0.25) is 5.02 Å². The summed E-state index contributed by atoms with van der Waals surface area (Å²) in [5.74, 6) is 1.86. The summed E-state index contributed by atoms with van der Waals surface area (Å²) in [4.78, 5) is 17.5. The lowest BCUT2D eigenvalue weighted by atomic mass is 10.1. The molecule has 0 spiro atoms. The summed E-state index contributed by atoms with van der Waals surface area (Å²) < 4.78 is 16.4. The molecule has 1 aliphatic rings. The van der Waals surface area contributed by atoms with Crippen LogP contribution in [-0.4, -0.2) is 11.8 Å². The van der Waals surface area contributed by atoms with Crippen LogP contribution < -0.4 is 20.2 Å². The molecular formula is C23H17ClN2O4. The van der Waals surface area contributed by atoms with Crippen LogP contribution in [0, 0.1) is 0 Å². The molecule has 1 atom stereocenters. The minimum Gasteiger partial charge on any atom is -0.462 e. The average Bonchev–Trinajstić information content (AvgIpc) is 3.23. The molecule has 2 aromatic heterocycles.